The molecule has 0 aromatic heterocycles. The maximum atomic E-state index is 11.4. The molecule has 88 valence electrons. The molecule has 0 heterocycles. The average Bonchev–Trinajstić information content (AvgIpc) is 2.25. The Bertz CT molecular complexity index is 363. The van der Waals surface area contributed by atoms with E-state index in [0.717, 1.165) is 6.42 Å². The third-order valence-corrected chi connectivity index (χ3v) is 2.16. The van der Waals surface area contributed by atoms with E-state index in [9.17, 15) is 9.90 Å². The van der Waals surface area contributed by atoms with Gasteiger partial charge in [0.15, 0.2) is 0 Å². The van der Waals surface area contributed by atoms with Crippen molar-refractivity contribution in [1.82, 2.24) is 0 Å². The van der Waals surface area contributed by atoms with Crippen LogP contribution in [0.4, 0.5) is 5.69 Å². The van der Waals surface area contributed by atoms with Crippen LogP contribution in [-0.2, 0) is 9.53 Å². The monoisotopic (exact) mass is 223 g/mol. The predicted octanol–water partition coefficient (Wildman–Crippen LogP) is 2.07. The lowest BCUT2D eigenvalue weighted by molar-refractivity contribution is -0.120. The molecule has 0 bridgehead atoms. The highest BCUT2D eigenvalue weighted by Gasteiger charge is 2.06. The van der Waals surface area contributed by atoms with Gasteiger partial charge in [0.1, 0.15) is 12.4 Å². The lowest BCUT2D eigenvalue weighted by Gasteiger charge is -2.09. The van der Waals surface area contributed by atoms with E-state index in [1.807, 2.05) is 6.92 Å². The van der Waals surface area contributed by atoms with Crippen LogP contribution in [0.2, 0.25) is 0 Å². The van der Waals surface area contributed by atoms with Gasteiger partial charge in [0, 0.05) is 17.9 Å². The number of carbonyl (C=O) groups is 1. The molecule has 0 unspecified atom stereocenters. The quantitative estimate of drug-likeness (QED) is 0.751. The molecule has 1 aromatic carbocycles. The van der Waals surface area contributed by atoms with E-state index >= 15 is 0 Å². The third kappa shape index (κ3) is 3.55. The average molecular weight is 223 g/mol. The number of phenolic OH excluding ortho intramolecular Hbond substituents is 1. The summed E-state index contributed by atoms with van der Waals surface area (Å²) in [5, 5.41) is 12.1. The van der Waals surface area contributed by atoms with Gasteiger partial charge in [-0.15, -0.1) is 0 Å². The number of amides is 1. The Hall–Kier alpha value is -1.55. The molecule has 2 N–H and O–H groups in total. The third-order valence-electron chi connectivity index (χ3n) is 2.16. The van der Waals surface area contributed by atoms with Gasteiger partial charge < -0.3 is 15.2 Å². The SMILES string of the molecule is CCCOCC(=O)Nc1cccc(O)c1C. The second kappa shape index (κ2) is 6.12. The number of benzene rings is 1. The zero-order valence-corrected chi connectivity index (χ0v) is 9.62. The number of aromatic hydroxyl groups is 1. The summed E-state index contributed by atoms with van der Waals surface area (Å²) in [6.45, 7) is 4.35. The van der Waals surface area contributed by atoms with Gasteiger partial charge in [0.05, 0.1) is 0 Å². The molecular weight excluding hydrogens is 206 g/mol. The van der Waals surface area contributed by atoms with Crippen molar-refractivity contribution in [1.29, 1.82) is 0 Å². The van der Waals surface area contributed by atoms with Gasteiger partial charge in [0.25, 0.3) is 0 Å². The van der Waals surface area contributed by atoms with Crippen LogP contribution in [0.25, 0.3) is 0 Å². The number of carbonyl (C=O) groups excluding carboxylic acids is 1. The van der Waals surface area contributed by atoms with Crippen LogP contribution >= 0.6 is 0 Å². The Kier molecular flexibility index (Phi) is 4.79. The molecule has 0 aliphatic heterocycles. The van der Waals surface area contributed by atoms with E-state index in [4.69, 9.17) is 4.74 Å². The minimum atomic E-state index is -0.206. The molecule has 0 saturated carbocycles. The van der Waals surface area contributed by atoms with E-state index in [1.54, 1.807) is 25.1 Å². The summed E-state index contributed by atoms with van der Waals surface area (Å²) in [6, 6.07) is 5.01. The second-order valence-corrected chi connectivity index (χ2v) is 3.55. The number of anilines is 1. The normalized spacial score (nSPS) is 10.1. The van der Waals surface area contributed by atoms with Crippen molar-refractivity contribution in [3.8, 4) is 5.75 Å². The first-order chi connectivity index (χ1) is 7.65. The van der Waals surface area contributed by atoms with Gasteiger partial charge in [-0.3, -0.25) is 4.79 Å². The van der Waals surface area contributed by atoms with Crippen molar-refractivity contribution in [2.24, 2.45) is 0 Å². The summed E-state index contributed by atoms with van der Waals surface area (Å²) in [5.74, 6) is -0.0329. The summed E-state index contributed by atoms with van der Waals surface area (Å²) in [5.41, 5.74) is 1.27. The zero-order chi connectivity index (χ0) is 12.0. The van der Waals surface area contributed by atoms with Crippen molar-refractivity contribution >= 4 is 11.6 Å². The van der Waals surface area contributed by atoms with E-state index in [2.05, 4.69) is 5.32 Å². The first-order valence-electron chi connectivity index (χ1n) is 5.31. The summed E-state index contributed by atoms with van der Waals surface area (Å²) in [7, 11) is 0. The topological polar surface area (TPSA) is 58.6 Å². The molecular formula is C12H17NO3. The predicted molar refractivity (Wildman–Crippen MR) is 62.6 cm³/mol. The van der Waals surface area contributed by atoms with Crippen LogP contribution in [0, 0.1) is 6.92 Å². The van der Waals surface area contributed by atoms with Crippen molar-refractivity contribution < 1.29 is 14.6 Å². The number of rotatable bonds is 5. The molecule has 4 nitrogen and oxygen atoms in total. The molecule has 1 amide bonds. The van der Waals surface area contributed by atoms with Gasteiger partial charge >= 0.3 is 0 Å². The van der Waals surface area contributed by atoms with E-state index < -0.39 is 0 Å². The zero-order valence-electron chi connectivity index (χ0n) is 9.62. The molecule has 4 heteroatoms. The number of hydrogen-bond donors (Lipinski definition) is 2. The molecule has 16 heavy (non-hydrogen) atoms. The molecule has 0 atom stereocenters. The summed E-state index contributed by atoms with van der Waals surface area (Å²) in [4.78, 5) is 11.4. The molecule has 1 aromatic rings. The molecule has 0 spiro atoms. The van der Waals surface area contributed by atoms with Crippen LogP contribution in [0.5, 0.6) is 5.75 Å². The van der Waals surface area contributed by atoms with Crippen molar-refractivity contribution in [3.63, 3.8) is 0 Å². The molecule has 0 aliphatic carbocycles. The van der Waals surface area contributed by atoms with E-state index in [1.165, 1.54) is 0 Å². The first kappa shape index (κ1) is 12.5. The lowest BCUT2D eigenvalue weighted by atomic mass is 10.2. The Morgan fingerprint density at radius 3 is 2.94 bits per heavy atom. The maximum absolute atomic E-state index is 11.4. The number of nitrogens with one attached hydrogen (secondary N) is 1. The van der Waals surface area contributed by atoms with Crippen LogP contribution < -0.4 is 5.32 Å². The lowest BCUT2D eigenvalue weighted by Crippen LogP contribution is -2.19. The second-order valence-electron chi connectivity index (χ2n) is 3.55. The van der Waals surface area contributed by atoms with Gasteiger partial charge in [-0.2, -0.15) is 0 Å². The molecule has 0 aliphatic rings. The molecule has 1 rings (SSSR count). The van der Waals surface area contributed by atoms with Crippen LogP contribution in [0.3, 0.4) is 0 Å². The van der Waals surface area contributed by atoms with Gasteiger partial charge in [-0.25, -0.2) is 0 Å². The minimum Gasteiger partial charge on any atom is -0.508 e. The van der Waals surface area contributed by atoms with E-state index in [0.29, 0.717) is 17.9 Å². The molecule has 0 fully saturated rings. The standard InChI is InChI=1S/C12H17NO3/c1-3-7-16-8-12(15)13-10-5-4-6-11(14)9(10)2/h4-6,14H,3,7-8H2,1-2H3,(H,13,15). The Morgan fingerprint density at radius 2 is 2.25 bits per heavy atom. The minimum absolute atomic E-state index is 0.0446. The summed E-state index contributed by atoms with van der Waals surface area (Å²) in [6.07, 6.45) is 0.887. The van der Waals surface area contributed by atoms with Crippen LogP contribution in [-0.4, -0.2) is 24.2 Å². The number of hydrogen-bond acceptors (Lipinski definition) is 3. The summed E-state index contributed by atoms with van der Waals surface area (Å²) < 4.78 is 5.11. The first-order valence-corrected chi connectivity index (χ1v) is 5.31. The molecule has 0 saturated heterocycles. The highest BCUT2D eigenvalue weighted by Crippen LogP contribution is 2.23. The largest absolute Gasteiger partial charge is 0.508 e. The number of ether oxygens (including phenoxy) is 1. The van der Waals surface area contributed by atoms with Crippen molar-refractivity contribution in [2.75, 3.05) is 18.5 Å². The van der Waals surface area contributed by atoms with Crippen molar-refractivity contribution in [2.45, 2.75) is 20.3 Å². The van der Waals surface area contributed by atoms with Crippen LogP contribution in [0.1, 0.15) is 18.9 Å². The Morgan fingerprint density at radius 1 is 1.50 bits per heavy atom. The van der Waals surface area contributed by atoms with Gasteiger partial charge in [-0.05, 0) is 25.5 Å². The Balaban J connectivity index is 2.53. The Labute approximate surface area is 95.2 Å². The highest BCUT2D eigenvalue weighted by atomic mass is 16.5. The number of phenols is 1. The summed E-state index contributed by atoms with van der Waals surface area (Å²) >= 11 is 0. The van der Waals surface area contributed by atoms with Crippen LogP contribution in [0.15, 0.2) is 18.2 Å². The fraction of sp³-hybridized carbons (Fsp3) is 0.417. The fourth-order valence-corrected chi connectivity index (χ4v) is 1.25. The van der Waals surface area contributed by atoms with Gasteiger partial charge in [0.2, 0.25) is 5.91 Å². The smallest absolute Gasteiger partial charge is 0.250 e. The van der Waals surface area contributed by atoms with E-state index in [-0.39, 0.29) is 18.3 Å². The molecule has 0 radical (unpaired) electrons. The van der Waals surface area contributed by atoms with Crippen molar-refractivity contribution in [3.05, 3.63) is 23.8 Å². The maximum Gasteiger partial charge on any atom is 0.250 e. The highest BCUT2D eigenvalue weighted by molar-refractivity contribution is 5.92. The fourth-order valence-electron chi connectivity index (χ4n) is 1.25. The van der Waals surface area contributed by atoms with Gasteiger partial charge in [-0.1, -0.05) is 13.0 Å².